The van der Waals surface area contributed by atoms with E-state index >= 15 is 0 Å². The van der Waals surface area contributed by atoms with Gasteiger partial charge in [-0.2, -0.15) is 5.26 Å². The van der Waals surface area contributed by atoms with Crippen molar-refractivity contribution in [1.82, 2.24) is 10.2 Å². The van der Waals surface area contributed by atoms with Crippen LogP contribution >= 0.6 is 23.1 Å². The Balaban J connectivity index is 1.74. The van der Waals surface area contributed by atoms with Gasteiger partial charge in [0.15, 0.2) is 4.34 Å². The maximum atomic E-state index is 9.35. The van der Waals surface area contributed by atoms with Gasteiger partial charge in [-0.25, -0.2) is 0 Å². The number of nitrogens with zero attached hydrogens (tertiary/aromatic N) is 3. The first-order chi connectivity index (χ1) is 9.86. The Kier molecular flexibility index (Phi) is 4.34. The molecule has 3 nitrogen and oxygen atoms in total. The molecule has 20 heavy (non-hydrogen) atoms. The molecule has 102 valence electrons. The predicted molar refractivity (Wildman–Crippen MR) is 81.7 cm³/mol. The first-order valence-corrected chi connectivity index (χ1v) is 8.50. The summed E-state index contributed by atoms with van der Waals surface area (Å²) in [6.07, 6.45) is 3.13. The van der Waals surface area contributed by atoms with Gasteiger partial charge in [0.1, 0.15) is 5.51 Å². The highest BCUT2D eigenvalue weighted by Gasteiger charge is 2.32. The van der Waals surface area contributed by atoms with Crippen LogP contribution in [0, 0.1) is 17.2 Å². The van der Waals surface area contributed by atoms with Crippen molar-refractivity contribution >= 4 is 23.1 Å². The molecule has 1 saturated carbocycles. The molecule has 1 aromatic heterocycles. The molecule has 1 aromatic carbocycles. The van der Waals surface area contributed by atoms with Gasteiger partial charge in [-0.15, -0.1) is 10.2 Å². The van der Waals surface area contributed by atoms with Crippen LogP contribution in [0.2, 0.25) is 0 Å². The lowest BCUT2D eigenvalue weighted by molar-refractivity contribution is 0.393. The second kappa shape index (κ2) is 6.38. The fraction of sp³-hybridized carbons (Fsp3) is 0.400. The smallest absolute Gasteiger partial charge is 0.174 e. The molecule has 3 unspecified atom stereocenters. The maximum absolute atomic E-state index is 9.35. The second-order valence-corrected chi connectivity index (χ2v) is 7.34. The molecule has 1 fully saturated rings. The van der Waals surface area contributed by atoms with Gasteiger partial charge in [0.05, 0.1) is 12.0 Å². The minimum absolute atomic E-state index is 0.129. The highest BCUT2D eigenvalue weighted by atomic mass is 32.2. The molecule has 0 amide bonds. The molecule has 0 spiro atoms. The van der Waals surface area contributed by atoms with Gasteiger partial charge in [0, 0.05) is 5.25 Å². The summed E-state index contributed by atoms with van der Waals surface area (Å²) in [6.45, 7) is 0. The van der Waals surface area contributed by atoms with E-state index in [0.29, 0.717) is 11.2 Å². The SMILES string of the molecule is N#CC1CCC(c2ccccc2)CC1Sc1nncs1. The van der Waals surface area contributed by atoms with Gasteiger partial charge in [-0.1, -0.05) is 53.4 Å². The average Bonchev–Trinajstić information content (AvgIpc) is 3.01. The summed E-state index contributed by atoms with van der Waals surface area (Å²) in [5.74, 6) is 0.690. The molecule has 1 aliphatic rings. The van der Waals surface area contributed by atoms with Crippen LogP contribution < -0.4 is 0 Å². The largest absolute Gasteiger partial charge is 0.198 e. The molecule has 0 bridgehead atoms. The van der Waals surface area contributed by atoms with Crippen molar-refractivity contribution in [1.29, 1.82) is 5.26 Å². The lowest BCUT2D eigenvalue weighted by atomic mass is 9.79. The zero-order valence-electron chi connectivity index (χ0n) is 11.0. The van der Waals surface area contributed by atoms with E-state index in [9.17, 15) is 5.26 Å². The van der Waals surface area contributed by atoms with E-state index in [-0.39, 0.29) is 5.92 Å². The average molecular weight is 301 g/mol. The Hall–Kier alpha value is -1.38. The van der Waals surface area contributed by atoms with E-state index < -0.39 is 0 Å². The van der Waals surface area contributed by atoms with Crippen molar-refractivity contribution in [3.8, 4) is 6.07 Å². The van der Waals surface area contributed by atoms with Crippen molar-refractivity contribution in [2.24, 2.45) is 5.92 Å². The summed E-state index contributed by atoms with van der Waals surface area (Å²) in [6, 6.07) is 13.1. The van der Waals surface area contributed by atoms with Crippen molar-refractivity contribution in [3.05, 3.63) is 41.4 Å². The van der Waals surface area contributed by atoms with Gasteiger partial charge in [0.25, 0.3) is 0 Å². The zero-order valence-corrected chi connectivity index (χ0v) is 12.6. The lowest BCUT2D eigenvalue weighted by Gasteiger charge is -2.32. The number of aromatic nitrogens is 2. The number of thioether (sulfide) groups is 1. The van der Waals surface area contributed by atoms with E-state index in [1.807, 2.05) is 0 Å². The van der Waals surface area contributed by atoms with Crippen LogP contribution in [0.5, 0.6) is 0 Å². The second-order valence-electron chi connectivity index (χ2n) is 5.02. The van der Waals surface area contributed by atoms with Gasteiger partial charge in [-0.05, 0) is 30.7 Å². The van der Waals surface area contributed by atoms with E-state index in [2.05, 4.69) is 46.6 Å². The van der Waals surface area contributed by atoms with Crippen LogP contribution in [0.4, 0.5) is 0 Å². The predicted octanol–water partition coefficient (Wildman–Crippen LogP) is 4.11. The Bertz CT molecular complexity index is 577. The van der Waals surface area contributed by atoms with Crippen LogP contribution in [0.15, 0.2) is 40.2 Å². The van der Waals surface area contributed by atoms with Gasteiger partial charge in [-0.3, -0.25) is 0 Å². The maximum Gasteiger partial charge on any atom is 0.174 e. The molecule has 0 radical (unpaired) electrons. The highest BCUT2D eigenvalue weighted by Crippen LogP contribution is 2.43. The molecule has 2 aromatic rings. The topological polar surface area (TPSA) is 49.6 Å². The third kappa shape index (κ3) is 3.02. The quantitative estimate of drug-likeness (QED) is 0.856. The molecule has 1 aliphatic carbocycles. The molecular weight excluding hydrogens is 286 g/mol. The fourth-order valence-corrected chi connectivity index (χ4v) is 4.82. The minimum atomic E-state index is 0.129. The molecule has 3 atom stereocenters. The minimum Gasteiger partial charge on any atom is -0.198 e. The Morgan fingerprint density at radius 1 is 1.25 bits per heavy atom. The van der Waals surface area contributed by atoms with Crippen LogP contribution in [0.3, 0.4) is 0 Å². The fourth-order valence-electron chi connectivity index (χ4n) is 2.78. The molecular formula is C15H15N3S2. The number of nitriles is 1. The van der Waals surface area contributed by atoms with Gasteiger partial charge in [0.2, 0.25) is 0 Å². The van der Waals surface area contributed by atoms with Crippen LogP contribution in [0.25, 0.3) is 0 Å². The standard InChI is InChI=1S/C15H15N3S2/c16-9-13-7-6-12(11-4-2-1-3-5-11)8-14(13)20-15-18-17-10-19-15/h1-5,10,12-14H,6-8H2. The number of hydrogen-bond acceptors (Lipinski definition) is 5. The Labute approximate surface area is 127 Å². The van der Waals surface area contributed by atoms with E-state index in [1.54, 1.807) is 28.6 Å². The number of hydrogen-bond donors (Lipinski definition) is 0. The lowest BCUT2D eigenvalue weighted by Crippen LogP contribution is -2.25. The molecule has 5 heteroatoms. The first-order valence-electron chi connectivity index (χ1n) is 6.74. The summed E-state index contributed by atoms with van der Waals surface area (Å²) < 4.78 is 0.976. The van der Waals surface area contributed by atoms with E-state index in [4.69, 9.17) is 0 Å². The van der Waals surface area contributed by atoms with Gasteiger partial charge >= 0.3 is 0 Å². The van der Waals surface area contributed by atoms with Crippen LogP contribution in [-0.2, 0) is 0 Å². The van der Waals surface area contributed by atoms with Crippen LogP contribution in [-0.4, -0.2) is 15.4 Å². The Morgan fingerprint density at radius 3 is 2.80 bits per heavy atom. The number of rotatable bonds is 3. The molecule has 3 rings (SSSR count). The van der Waals surface area contributed by atoms with Crippen molar-refractivity contribution < 1.29 is 0 Å². The summed E-state index contributed by atoms with van der Waals surface area (Å²) >= 11 is 3.28. The van der Waals surface area contributed by atoms with E-state index in [1.165, 1.54) is 5.56 Å². The summed E-state index contributed by atoms with van der Waals surface area (Å²) in [5.41, 5.74) is 3.15. The first kappa shape index (κ1) is 13.6. The molecule has 0 saturated heterocycles. The third-order valence-electron chi connectivity index (χ3n) is 3.82. The summed E-state index contributed by atoms with van der Waals surface area (Å²) in [7, 11) is 0. The molecule has 1 heterocycles. The van der Waals surface area contributed by atoms with Crippen molar-refractivity contribution in [2.75, 3.05) is 0 Å². The summed E-state index contributed by atoms with van der Waals surface area (Å²) in [4.78, 5) is 0. The zero-order chi connectivity index (χ0) is 13.8. The molecule has 0 aliphatic heterocycles. The molecule has 0 N–H and O–H groups in total. The third-order valence-corrected chi connectivity index (χ3v) is 5.99. The Morgan fingerprint density at radius 2 is 2.10 bits per heavy atom. The number of benzene rings is 1. The van der Waals surface area contributed by atoms with Crippen molar-refractivity contribution in [2.45, 2.75) is 34.8 Å². The normalized spacial score (nSPS) is 26.1. The van der Waals surface area contributed by atoms with E-state index in [0.717, 1.165) is 23.6 Å². The van der Waals surface area contributed by atoms with Crippen molar-refractivity contribution in [3.63, 3.8) is 0 Å². The van der Waals surface area contributed by atoms with Crippen LogP contribution in [0.1, 0.15) is 30.7 Å². The van der Waals surface area contributed by atoms with Gasteiger partial charge < -0.3 is 0 Å². The highest BCUT2D eigenvalue weighted by molar-refractivity contribution is 8.01. The summed E-state index contributed by atoms with van der Waals surface area (Å²) in [5, 5.41) is 17.7. The monoisotopic (exact) mass is 301 g/mol.